The molecule has 1 fully saturated rings. The molecular weight excluding hydrogens is 224 g/mol. The van der Waals surface area contributed by atoms with Crippen LogP contribution in [-0.2, 0) is 11.3 Å². The Morgan fingerprint density at radius 3 is 2.44 bits per heavy atom. The second-order valence-electron chi connectivity index (χ2n) is 4.90. The Hall–Kier alpha value is -1.37. The third kappa shape index (κ3) is 3.56. The minimum absolute atomic E-state index is 0.456. The van der Waals surface area contributed by atoms with Crippen molar-refractivity contribution >= 4 is 0 Å². The molecule has 0 amide bonds. The summed E-state index contributed by atoms with van der Waals surface area (Å²) in [4.78, 5) is 0. The molecule has 0 aliphatic heterocycles. The summed E-state index contributed by atoms with van der Waals surface area (Å²) in [5.41, 5.74) is 1.96. The molecular formula is C15H20N2O. The zero-order chi connectivity index (χ0) is 12.8. The average molecular weight is 244 g/mol. The number of nitrogens with zero attached hydrogens (tertiary/aromatic N) is 1. The van der Waals surface area contributed by atoms with Crippen molar-refractivity contribution in [2.45, 2.75) is 44.4 Å². The average Bonchev–Trinajstić information content (AvgIpc) is 2.46. The van der Waals surface area contributed by atoms with E-state index in [1.165, 1.54) is 18.4 Å². The lowest BCUT2D eigenvalue weighted by Gasteiger charge is -2.28. The predicted octanol–water partition coefficient (Wildman–Crippen LogP) is 2.61. The third-order valence-corrected chi connectivity index (χ3v) is 3.69. The van der Waals surface area contributed by atoms with Gasteiger partial charge in [-0.15, -0.1) is 0 Å². The summed E-state index contributed by atoms with van der Waals surface area (Å²) in [5, 5.41) is 12.3. The molecule has 3 heteroatoms. The fourth-order valence-corrected chi connectivity index (χ4v) is 2.46. The van der Waals surface area contributed by atoms with Gasteiger partial charge in [0, 0.05) is 19.7 Å². The highest BCUT2D eigenvalue weighted by molar-refractivity contribution is 5.31. The summed E-state index contributed by atoms with van der Waals surface area (Å²) >= 11 is 0. The molecule has 96 valence electrons. The van der Waals surface area contributed by atoms with E-state index in [1.807, 2.05) is 24.3 Å². The lowest BCUT2D eigenvalue weighted by molar-refractivity contribution is 0.0624. The van der Waals surface area contributed by atoms with Gasteiger partial charge in [-0.3, -0.25) is 0 Å². The van der Waals surface area contributed by atoms with Crippen LogP contribution in [0.2, 0.25) is 0 Å². The van der Waals surface area contributed by atoms with Crippen LogP contribution >= 0.6 is 0 Å². The van der Waals surface area contributed by atoms with Crippen LogP contribution in [0.5, 0.6) is 0 Å². The molecule has 0 saturated heterocycles. The van der Waals surface area contributed by atoms with Crippen molar-refractivity contribution in [2.24, 2.45) is 0 Å². The Morgan fingerprint density at radius 1 is 1.22 bits per heavy atom. The molecule has 1 aliphatic rings. The number of benzene rings is 1. The monoisotopic (exact) mass is 244 g/mol. The Bertz CT molecular complexity index is 399. The second-order valence-corrected chi connectivity index (χ2v) is 4.90. The normalized spacial score (nSPS) is 23.6. The van der Waals surface area contributed by atoms with Gasteiger partial charge in [0.2, 0.25) is 0 Å². The highest BCUT2D eigenvalue weighted by Crippen LogP contribution is 2.20. The molecule has 1 saturated carbocycles. The van der Waals surface area contributed by atoms with E-state index >= 15 is 0 Å². The van der Waals surface area contributed by atoms with Crippen molar-refractivity contribution in [1.29, 1.82) is 5.26 Å². The zero-order valence-electron chi connectivity index (χ0n) is 10.9. The first-order valence-corrected chi connectivity index (χ1v) is 6.57. The summed E-state index contributed by atoms with van der Waals surface area (Å²) in [7, 11) is 1.80. The molecule has 0 heterocycles. The van der Waals surface area contributed by atoms with Crippen LogP contribution in [0.3, 0.4) is 0 Å². The molecule has 0 unspecified atom stereocenters. The van der Waals surface area contributed by atoms with E-state index in [4.69, 9.17) is 10.00 Å². The smallest absolute Gasteiger partial charge is 0.0991 e. The highest BCUT2D eigenvalue weighted by atomic mass is 16.5. The molecule has 0 atom stereocenters. The Balaban J connectivity index is 1.76. The van der Waals surface area contributed by atoms with Gasteiger partial charge >= 0.3 is 0 Å². The molecule has 1 N–H and O–H groups in total. The van der Waals surface area contributed by atoms with Crippen LogP contribution in [0.1, 0.15) is 36.8 Å². The van der Waals surface area contributed by atoms with Crippen molar-refractivity contribution in [3.63, 3.8) is 0 Å². The number of hydrogen-bond donors (Lipinski definition) is 1. The summed E-state index contributed by atoms with van der Waals surface area (Å²) in [6.45, 7) is 0.883. The van der Waals surface area contributed by atoms with E-state index in [2.05, 4.69) is 11.4 Å². The lowest BCUT2D eigenvalue weighted by atomic mass is 9.93. The highest BCUT2D eigenvalue weighted by Gasteiger charge is 2.19. The van der Waals surface area contributed by atoms with Crippen LogP contribution in [0.25, 0.3) is 0 Å². The fraction of sp³-hybridized carbons (Fsp3) is 0.533. The minimum atomic E-state index is 0.456. The number of ether oxygens (including phenoxy) is 1. The summed E-state index contributed by atoms with van der Waals surface area (Å²) in [6, 6.07) is 10.5. The first-order chi connectivity index (χ1) is 8.81. The molecule has 2 rings (SSSR count). The minimum Gasteiger partial charge on any atom is -0.381 e. The van der Waals surface area contributed by atoms with Crippen LogP contribution in [0.4, 0.5) is 0 Å². The van der Waals surface area contributed by atoms with Crippen molar-refractivity contribution in [1.82, 2.24) is 5.32 Å². The molecule has 0 aromatic heterocycles. The maximum Gasteiger partial charge on any atom is 0.0991 e. The number of rotatable bonds is 4. The van der Waals surface area contributed by atoms with Crippen LogP contribution in [0.15, 0.2) is 24.3 Å². The van der Waals surface area contributed by atoms with Crippen molar-refractivity contribution in [2.75, 3.05) is 7.11 Å². The Labute approximate surface area is 109 Å². The largest absolute Gasteiger partial charge is 0.381 e. The molecule has 1 aromatic rings. The summed E-state index contributed by atoms with van der Waals surface area (Å²) in [6.07, 6.45) is 5.14. The van der Waals surface area contributed by atoms with Crippen molar-refractivity contribution in [3.8, 4) is 6.07 Å². The maximum atomic E-state index is 8.73. The SMILES string of the molecule is COC1CCC(NCc2ccc(C#N)cc2)CC1. The lowest BCUT2D eigenvalue weighted by Crippen LogP contribution is -2.34. The van der Waals surface area contributed by atoms with Gasteiger partial charge in [-0.2, -0.15) is 5.26 Å². The van der Waals surface area contributed by atoms with Crippen molar-refractivity contribution in [3.05, 3.63) is 35.4 Å². The Morgan fingerprint density at radius 2 is 1.89 bits per heavy atom. The van der Waals surface area contributed by atoms with Crippen molar-refractivity contribution < 1.29 is 4.74 Å². The maximum absolute atomic E-state index is 8.73. The first-order valence-electron chi connectivity index (χ1n) is 6.57. The molecule has 0 spiro atoms. The quantitative estimate of drug-likeness (QED) is 0.885. The predicted molar refractivity (Wildman–Crippen MR) is 71.0 cm³/mol. The second kappa shape index (κ2) is 6.53. The molecule has 1 aromatic carbocycles. The number of nitrogens with one attached hydrogen (secondary N) is 1. The first kappa shape index (κ1) is 13.1. The summed E-state index contributed by atoms with van der Waals surface area (Å²) < 4.78 is 5.37. The topological polar surface area (TPSA) is 45.0 Å². The third-order valence-electron chi connectivity index (χ3n) is 3.69. The molecule has 0 bridgehead atoms. The molecule has 3 nitrogen and oxygen atoms in total. The van der Waals surface area contributed by atoms with E-state index < -0.39 is 0 Å². The fourth-order valence-electron chi connectivity index (χ4n) is 2.46. The molecule has 1 aliphatic carbocycles. The van der Waals surface area contributed by atoms with Gasteiger partial charge in [-0.05, 0) is 43.4 Å². The molecule has 18 heavy (non-hydrogen) atoms. The number of methoxy groups -OCH3 is 1. The van der Waals surface area contributed by atoms with E-state index in [0.29, 0.717) is 12.1 Å². The molecule has 0 radical (unpaired) electrons. The van der Waals surface area contributed by atoms with E-state index in [-0.39, 0.29) is 0 Å². The van der Waals surface area contributed by atoms with Gasteiger partial charge in [-0.25, -0.2) is 0 Å². The van der Waals surface area contributed by atoms with Gasteiger partial charge in [0.25, 0.3) is 0 Å². The van der Waals surface area contributed by atoms with E-state index in [1.54, 1.807) is 7.11 Å². The van der Waals surface area contributed by atoms with Gasteiger partial charge < -0.3 is 10.1 Å². The van der Waals surface area contributed by atoms with Crippen LogP contribution < -0.4 is 5.32 Å². The van der Waals surface area contributed by atoms with E-state index in [9.17, 15) is 0 Å². The zero-order valence-corrected chi connectivity index (χ0v) is 10.9. The van der Waals surface area contributed by atoms with Crippen LogP contribution in [0, 0.1) is 11.3 Å². The van der Waals surface area contributed by atoms with Crippen LogP contribution in [-0.4, -0.2) is 19.3 Å². The van der Waals surface area contributed by atoms with Gasteiger partial charge in [0.05, 0.1) is 17.7 Å². The van der Waals surface area contributed by atoms with Gasteiger partial charge in [0.1, 0.15) is 0 Å². The van der Waals surface area contributed by atoms with E-state index in [0.717, 1.165) is 24.9 Å². The Kier molecular flexibility index (Phi) is 4.74. The standard InChI is InChI=1S/C15H20N2O/c1-18-15-8-6-14(7-9-15)17-11-13-4-2-12(10-16)3-5-13/h2-5,14-15,17H,6-9,11H2,1H3. The number of nitriles is 1. The van der Waals surface area contributed by atoms with Gasteiger partial charge in [-0.1, -0.05) is 12.1 Å². The summed E-state index contributed by atoms with van der Waals surface area (Å²) in [5.74, 6) is 0. The number of hydrogen-bond acceptors (Lipinski definition) is 3. The van der Waals surface area contributed by atoms with Gasteiger partial charge in [0.15, 0.2) is 0 Å².